The number of nitrogens with one attached hydrogen (secondary N) is 2. The van der Waals surface area contributed by atoms with E-state index in [1.807, 2.05) is 0 Å². The molecule has 0 aromatic heterocycles. The molecule has 0 aliphatic carbocycles. The molecule has 2 saturated heterocycles. The summed E-state index contributed by atoms with van der Waals surface area (Å²) >= 11 is 1.74. The fourth-order valence-corrected chi connectivity index (χ4v) is 2.97. The van der Waals surface area contributed by atoms with E-state index >= 15 is 0 Å². The van der Waals surface area contributed by atoms with Crippen molar-refractivity contribution in [1.29, 1.82) is 0 Å². The Labute approximate surface area is 106 Å². The van der Waals surface area contributed by atoms with Crippen molar-refractivity contribution in [2.75, 3.05) is 31.1 Å². The molecule has 2 heterocycles. The second-order valence-electron chi connectivity index (χ2n) is 4.45. The van der Waals surface area contributed by atoms with E-state index in [2.05, 4.69) is 17.6 Å². The Bertz CT molecular complexity index is 316. The van der Waals surface area contributed by atoms with Crippen LogP contribution in [0, 0.1) is 0 Å². The Hall–Kier alpha value is -0.750. The van der Waals surface area contributed by atoms with Crippen LogP contribution in [0.15, 0.2) is 0 Å². The minimum absolute atomic E-state index is 0.0496. The first-order valence-corrected chi connectivity index (χ1v) is 7.28. The number of thioether (sulfide) groups is 1. The minimum Gasteiger partial charge on any atom is -0.322 e. The number of hydrogen-bond donors (Lipinski definition) is 2. The van der Waals surface area contributed by atoms with Gasteiger partial charge in [0.2, 0.25) is 0 Å². The lowest BCUT2D eigenvalue weighted by Gasteiger charge is -2.31. The van der Waals surface area contributed by atoms with Crippen LogP contribution in [0.2, 0.25) is 0 Å². The lowest BCUT2D eigenvalue weighted by Crippen LogP contribution is -2.57. The number of amides is 3. The lowest BCUT2D eigenvalue weighted by atomic mass is 9.90. The molecule has 0 aromatic carbocycles. The van der Waals surface area contributed by atoms with Crippen molar-refractivity contribution in [3.05, 3.63) is 0 Å². The molecule has 96 valence electrons. The Morgan fingerprint density at radius 1 is 1.47 bits per heavy atom. The van der Waals surface area contributed by atoms with E-state index in [4.69, 9.17) is 0 Å². The van der Waals surface area contributed by atoms with Gasteiger partial charge in [-0.2, -0.15) is 11.8 Å². The highest BCUT2D eigenvalue weighted by atomic mass is 32.2. The molecule has 1 unspecified atom stereocenters. The first-order valence-electron chi connectivity index (χ1n) is 6.12. The Morgan fingerprint density at radius 3 is 2.94 bits per heavy atom. The number of piperidine rings is 1. The maximum Gasteiger partial charge on any atom is 0.325 e. The van der Waals surface area contributed by atoms with E-state index in [1.165, 1.54) is 4.90 Å². The van der Waals surface area contributed by atoms with Gasteiger partial charge < -0.3 is 10.6 Å². The molecular weight excluding hydrogens is 238 g/mol. The summed E-state index contributed by atoms with van der Waals surface area (Å²) in [5.74, 6) is 1.78. The summed E-state index contributed by atoms with van der Waals surface area (Å²) in [5, 5.41) is 6.05. The third-order valence-corrected chi connectivity index (χ3v) is 4.17. The van der Waals surface area contributed by atoms with Gasteiger partial charge in [-0.25, -0.2) is 4.79 Å². The molecule has 2 N–H and O–H groups in total. The molecule has 0 aromatic rings. The molecule has 5 nitrogen and oxygen atoms in total. The lowest BCUT2D eigenvalue weighted by molar-refractivity contribution is -0.131. The smallest absolute Gasteiger partial charge is 0.322 e. The Balaban J connectivity index is 2.00. The molecule has 1 spiro atoms. The largest absolute Gasteiger partial charge is 0.325 e. The van der Waals surface area contributed by atoms with E-state index in [0.29, 0.717) is 13.1 Å². The molecule has 2 aliphatic rings. The van der Waals surface area contributed by atoms with Gasteiger partial charge in [-0.3, -0.25) is 9.69 Å². The number of hydrogen-bond acceptors (Lipinski definition) is 4. The third kappa shape index (κ3) is 2.42. The zero-order valence-electron chi connectivity index (χ0n) is 10.1. The van der Waals surface area contributed by atoms with Gasteiger partial charge >= 0.3 is 6.03 Å². The standard InChI is InChI=1S/C11H19N3O2S/c1-2-17-7-6-14-9(15)11(13-10(14)16)4-3-5-12-8-11/h12H,2-8H2,1H3,(H,13,16). The van der Waals surface area contributed by atoms with E-state index < -0.39 is 5.54 Å². The third-order valence-electron chi connectivity index (χ3n) is 3.29. The SMILES string of the molecule is CCSCCN1C(=O)NC2(CCCNC2)C1=O. The Morgan fingerprint density at radius 2 is 2.29 bits per heavy atom. The number of rotatable bonds is 4. The van der Waals surface area contributed by atoms with Crippen LogP contribution in [0.4, 0.5) is 4.79 Å². The number of carbonyl (C=O) groups is 2. The highest BCUT2D eigenvalue weighted by molar-refractivity contribution is 7.99. The Kier molecular flexibility index (Phi) is 3.93. The quantitative estimate of drug-likeness (QED) is 0.566. The molecule has 0 radical (unpaired) electrons. The summed E-state index contributed by atoms with van der Waals surface area (Å²) in [5.41, 5.74) is -0.661. The van der Waals surface area contributed by atoms with Crippen LogP contribution < -0.4 is 10.6 Å². The van der Waals surface area contributed by atoms with Crippen molar-refractivity contribution < 1.29 is 9.59 Å². The van der Waals surface area contributed by atoms with Gasteiger partial charge in [0, 0.05) is 18.8 Å². The number of urea groups is 1. The maximum absolute atomic E-state index is 12.3. The molecule has 0 bridgehead atoms. The molecule has 2 rings (SSSR count). The highest BCUT2D eigenvalue weighted by Crippen LogP contribution is 2.25. The fraction of sp³-hybridized carbons (Fsp3) is 0.818. The number of imide groups is 1. The van der Waals surface area contributed by atoms with Gasteiger partial charge in [-0.1, -0.05) is 6.92 Å². The van der Waals surface area contributed by atoms with Crippen LogP contribution in [0.5, 0.6) is 0 Å². The minimum atomic E-state index is -0.661. The summed E-state index contributed by atoms with van der Waals surface area (Å²) in [4.78, 5) is 25.5. The van der Waals surface area contributed by atoms with E-state index in [1.54, 1.807) is 11.8 Å². The van der Waals surface area contributed by atoms with Gasteiger partial charge in [-0.15, -0.1) is 0 Å². The van der Waals surface area contributed by atoms with Crippen LogP contribution in [-0.2, 0) is 4.79 Å². The first-order chi connectivity index (χ1) is 8.19. The average molecular weight is 257 g/mol. The maximum atomic E-state index is 12.3. The van der Waals surface area contributed by atoms with Crippen LogP contribution >= 0.6 is 11.8 Å². The summed E-state index contributed by atoms with van der Waals surface area (Å²) in [6.07, 6.45) is 1.69. The predicted octanol–water partition coefficient (Wildman–Crippen LogP) is 0.413. The van der Waals surface area contributed by atoms with Gasteiger partial charge in [0.05, 0.1) is 0 Å². The molecule has 3 amide bonds. The molecule has 0 saturated carbocycles. The van der Waals surface area contributed by atoms with Crippen molar-refractivity contribution >= 4 is 23.7 Å². The second-order valence-corrected chi connectivity index (χ2v) is 5.84. The molecular formula is C11H19N3O2S. The molecule has 2 aliphatic heterocycles. The molecule has 17 heavy (non-hydrogen) atoms. The van der Waals surface area contributed by atoms with Gasteiger partial charge in [-0.05, 0) is 25.1 Å². The predicted molar refractivity (Wildman–Crippen MR) is 68.1 cm³/mol. The number of nitrogens with zero attached hydrogens (tertiary/aromatic N) is 1. The van der Waals surface area contributed by atoms with E-state index in [-0.39, 0.29) is 11.9 Å². The molecule has 1 atom stereocenters. The van der Waals surface area contributed by atoms with Crippen molar-refractivity contribution in [2.24, 2.45) is 0 Å². The van der Waals surface area contributed by atoms with Crippen LogP contribution in [0.1, 0.15) is 19.8 Å². The van der Waals surface area contributed by atoms with Gasteiger partial charge in [0.1, 0.15) is 5.54 Å². The van der Waals surface area contributed by atoms with Gasteiger partial charge in [0.15, 0.2) is 0 Å². The van der Waals surface area contributed by atoms with Crippen molar-refractivity contribution in [3.8, 4) is 0 Å². The zero-order chi connectivity index (χ0) is 12.3. The topological polar surface area (TPSA) is 61.4 Å². The van der Waals surface area contributed by atoms with Gasteiger partial charge in [0.25, 0.3) is 5.91 Å². The van der Waals surface area contributed by atoms with E-state index in [9.17, 15) is 9.59 Å². The van der Waals surface area contributed by atoms with Crippen LogP contribution in [0.25, 0.3) is 0 Å². The second kappa shape index (κ2) is 5.27. The van der Waals surface area contributed by atoms with E-state index in [0.717, 1.165) is 30.9 Å². The zero-order valence-corrected chi connectivity index (χ0v) is 10.9. The van der Waals surface area contributed by atoms with Crippen molar-refractivity contribution in [2.45, 2.75) is 25.3 Å². The van der Waals surface area contributed by atoms with Crippen LogP contribution in [0.3, 0.4) is 0 Å². The number of carbonyl (C=O) groups excluding carboxylic acids is 2. The molecule has 6 heteroatoms. The summed E-state index contributed by atoms with van der Waals surface area (Å²) in [7, 11) is 0. The summed E-state index contributed by atoms with van der Waals surface area (Å²) in [6, 6.07) is -0.226. The highest BCUT2D eigenvalue weighted by Gasteiger charge is 2.51. The van der Waals surface area contributed by atoms with Crippen molar-refractivity contribution in [3.63, 3.8) is 0 Å². The normalized spacial score (nSPS) is 28.9. The monoisotopic (exact) mass is 257 g/mol. The average Bonchev–Trinajstić information content (AvgIpc) is 2.55. The van der Waals surface area contributed by atoms with Crippen LogP contribution in [-0.4, -0.2) is 53.5 Å². The van der Waals surface area contributed by atoms with Crippen molar-refractivity contribution in [1.82, 2.24) is 15.5 Å². The molecule has 2 fully saturated rings. The fourth-order valence-electron chi connectivity index (χ4n) is 2.37. The summed E-state index contributed by atoms with van der Waals surface area (Å²) in [6.45, 7) is 4.08. The summed E-state index contributed by atoms with van der Waals surface area (Å²) < 4.78 is 0. The first kappa shape index (κ1) is 12.7.